The largest absolute Gasteiger partial charge is 0.385 e. The van der Waals surface area contributed by atoms with Gasteiger partial charge in [-0.15, -0.1) is 0 Å². The minimum atomic E-state index is 0.990. The molecule has 1 heteroatoms. The van der Waals surface area contributed by atoms with Crippen LogP contribution >= 0.6 is 0 Å². The first kappa shape index (κ1) is 13.0. The number of hydrogen-bond acceptors (Lipinski definition) is 1. The zero-order valence-corrected chi connectivity index (χ0v) is 10.3. The number of para-hydroxylation sites is 1. The highest BCUT2D eigenvalue weighted by Crippen LogP contribution is 2.02. The van der Waals surface area contributed by atoms with E-state index in [4.69, 9.17) is 0 Å². The third-order valence-electron chi connectivity index (χ3n) is 2.19. The van der Waals surface area contributed by atoms with Gasteiger partial charge in [0.05, 0.1) is 0 Å². The Morgan fingerprint density at radius 3 is 1.88 bits per heavy atom. The van der Waals surface area contributed by atoms with Crippen molar-refractivity contribution in [1.29, 1.82) is 0 Å². The van der Waals surface area contributed by atoms with Crippen LogP contribution in [0.5, 0.6) is 0 Å². The smallest absolute Gasteiger partial charge is 0.0340 e. The first-order valence-corrected chi connectivity index (χ1v) is 5.83. The lowest BCUT2D eigenvalue weighted by atomic mass is 10.2. The van der Waals surface area contributed by atoms with Crippen LogP contribution in [0.25, 0.3) is 6.08 Å². The Hall–Kier alpha value is -2.02. The molecule has 0 aliphatic rings. The van der Waals surface area contributed by atoms with Gasteiger partial charge in [0.2, 0.25) is 0 Å². The Labute approximate surface area is 104 Å². The minimum absolute atomic E-state index is 0.990. The molecule has 0 saturated heterocycles. The van der Waals surface area contributed by atoms with Gasteiger partial charge < -0.3 is 5.32 Å². The monoisotopic (exact) mass is 225 g/mol. The maximum Gasteiger partial charge on any atom is 0.0340 e. The van der Waals surface area contributed by atoms with Crippen molar-refractivity contribution < 1.29 is 0 Å². The molecule has 0 radical (unpaired) electrons. The van der Waals surface area contributed by atoms with Crippen molar-refractivity contribution in [2.45, 2.75) is 6.92 Å². The SMILES string of the molecule is C=Cc1ccccc1.CCNc1ccccc1. The molecular weight excluding hydrogens is 206 g/mol. The van der Waals surface area contributed by atoms with Gasteiger partial charge in [-0.1, -0.05) is 61.2 Å². The van der Waals surface area contributed by atoms with Crippen molar-refractivity contribution in [1.82, 2.24) is 0 Å². The van der Waals surface area contributed by atoms with Gasteiger partial charge in [-0.2, -0.15) is 0 Å². The second-order valence-corrected chi connectivity index (χ2v) is 3.51. The predicted molar refractivity (Wildman–Crippen MR) is 77.1 cm³/mol. The van der Waals surface area contributed by atoms with Crippen molar-refractivity contribution in [3.63, 3.8) is 0 Å². The van der Waals surface area contributed by atoms with Crippen molar-refractivity contribution in [3.8, 4) is 0 Å². The van der Waals surface area contributed by atoms with Crippen LogP contribution in [0, 0.1) is 0 Å². The summed E-state index contributed by atoms with van der Waals surface area (Å²) in [6.07, 6.45) is 1.83. The molecule has 0 spiro atoms. The highest BCUT2D eigenvalue weighted by molar-refractivity contribution is 5.45. The van der Waals surface area contributed by atoms with Crippen molar-refractivity contribution in [3.05, 3.63) is 72.8 Å². The summed E-state index contributed by atoms with van der Waals surface area (Å²) in [6, 6.07) is 20.2. The Morgan fingerprint density at radius 2 is 1.47 bits per heavy atom. The summed E-state index contributed by atoms with van der Waals surface area (Å²) in [4.78, 5) is 0. The third kappa shape index (κ3) is 5.57. The number of hydrogen-bond donors (Lipinski definition) is 1. The molecule has 0 heterocycles. The van der Waals surface area contributed by atoms with Crippen LogP contribution in [0.4, 0.5) is 5.69 Å². The first-order valence-electron chi connectivity index (χ1n) is 5.83. The van der Waals surface area contributed by atoms with Crippen LogP contribution in [-0.4, -0.2) is 6.54 Å². The van der Waals surface area contributed by atoms with Gasteiger partial charge in [-0.05, 0) is 24.6 Å². The number of rotatable bonds is 3. The fourth-order valence-corrected chi connectivity index (χ4v) is 1.35. The van der Waals surface area contributed by atoms with Gasteiger partial charge in [0.1, 0.15) is 0 Å². The molecule has 1 N–H and O–H groups in total. The van der Waals surface area contributed by atoms with Gasteiger partial charge in [0, 0.05) is 12.2 Å². The lowest BCUT2D eigenvalue weighted by molar-refractivity contribution is 1.21. The number of nitrogens with one attached hydrogen (secondary N) is 1. The quantitative estimate of drug-likeness (QED) is 0.813. The topological polar surface area (TPSA) is 12.0 Å². The highest BCUT2D eigenvalue weighted by atomic mass is 14.8. The second-order valence-electron chi connectivity index (χ2n) is 3.51. The van der Waals surface area contributed by atoms with E-state index in [1.54, 1.807) is 0 Å². The van der Waals surface area contributed by atoms with Crippen LogP contribution in [0.2, 0.25) is 0 Å². The van der Waals surface area contributed by atoms with Crippen LogP contribution in [0.3, 0.4) is 0 Å². The fourth-order valence-electron chi connectivity index (χ4n) is 1.35. The van der Waals surface area contributed by atoms with Crippen LogP contribution in [0.15, 0.2) is 67.2 Å². The van der Waals surface area contributed by atoms with Gasteiger partial charge in [0.25, 0.3) is 0 Å². The van der Waals surface area contributed by atoms with Crippen molar-refractivity contribution >= 4 is 11.8 Å². The van der Waals surface area contributed by atoms with Crippen molar-refractivity contribution in [2.24, 2.45) is 0 Å². The zero-order valence-electron chi connectivity index (χ0n) is 10.3. The molecule has 88 valence electrons. The maximum atomic E-state index is 3.63. The normalized spacial score (nSPS) is 8.76. The molecule has 0 saturated carbocycles. The summed E-state index contributed by atoms with van der Waals surface area (Å²) in [5.41, 5.74) is 2.37. The summed E-state index contributed by atoms with van der Waals surface area (Å²) >= 11 is 0. The standard InChI is InChI=1S/C8H11N.C8H8/c1-2-9-8-6-4-3-5-7-8;1-2-8-6-4-3-5-7-8/h3-7,9H,2H2,1H3;2-7H,1H2. The van der Waals surface area contributed by atoms with E-state index < -0.39 is 0 Å². The number of anilines is 1. The molecule has 0 fully saturated rings. The molecule has 0 unspecified atom stereocenters. The Bertz CT molecular complexity index is 406. The summed E-state index contributed by atoms with van der Waals surface area (Å²) in [6.45, 7) is 6.71. The molecule has 0 atom stereocenters. The van der Waals surface area contributed by atoms with E-state index in [1.807, 2.05) is 54.6 Å². The summed E-state index contributed by atoms with van der Waals surface area (Å²) < 4.78 is 0. The molecule has 0 aliphatic carbocycles. The van der Waals surface area contributed by atoms with Crippen LogP contribution < -0.4 is 5.32 Å². The van der Waals surface area contributed by atoms with E-state index >= 15 is 0 Å². The molecule has 17 heavy (non-hydrogen) atoms. The Kier molecular flexibility index (Phi) is 6.27. The fraction of sp³-hybridized carbons (Fsp3) is 0.125. The first-order chi connectivity index (χ1) is 8.36. The predicted octanol–water partition coefficient (Wildman–Crippen LogP) is 4.45. The lowest BCUT2D eigenvalue weighted by Crippen LogP contribution is -1.94. The molecule has 0 aliphatic heterocycles. The van der Waals surface area contributed by atoms with Crippen LogP contribution in [-0.2, 0) is 0 Å². The molecule has 0 amide bonds. The zero-order chi connectivity index (χ0) is 12.3. The lowest BCUT2D eigenvalue weighted by Gasteiger charge is -1.99. The van der Waals surface area contributed by atoms with E-state index in [9.17, 15) is 0 Å². The van der Waals surface area contributed by atoms with Crippen molar-refractivity contribution in [2.75, 3.05) is 11.9 Å². The summed E-state index contributed by atoms with van der Waals surface area (Å²) in [5, 5.41) is 3.21. The molecule has 2 aromatic rings. The Morgan fingerprint density at radius 1 is 0.941 bits per heavy atom. The highest BCUT2D eigenvalue weighted by Gasteiger charge is 1.81. The summed E-state index contributed by atoms with van der Waals surface area (Å²) in [7, 11) is 0. The molecule has 0 bridgehead atoms. The third-order valence-corrected chi connectivity index (χ3v) is 2.19. The molecule has 0 aromatic heterocycles. The average Bonchev–Trinajstić information content (AvgIpc) is 2.42. The minimum Gasteiger partial charge on any atom is -0.385 e. The van der Waals surface area contributed by atoms with Gasteiger partial charge in [-0.3, -0.25) is 0 Å². The van der Waals surface area contributed by atoms with Gasteiger partial charge in [-0.25, -0.2) is 0 Å². The average molecular weight is 225 g/mol. The molecule has 2 aromatic carbocycles. The van der Waals surface area contributed by atoms with Gasteiger partial charge in [0.15, 0.2) is 0 Å². The second kappa shape index (κ2) is 8.17. The van der Waals surface area contributed by atoms with Gasteiger partial charge >= 0.3 is 0 Å². The summed E-state index contributed by atoms with van der Waals surface area (Å²) in [5.74, 6) is 0. The van der Waals surface area contributed by atoms with E-state index in [1.165, 1.54) is 11.3 Å². The van der Waals surface area contributed by atoms with E-state index in [-0.39, 0.29) is 0 Å². The number of benzene rings is 2. The van der Waals surface area contributed by atoms with E-state index in [2.05, 4.69) is 31.0 Å². The Balaban J connectivity index is 0.000000171. The maximum absolute atomic E-state index is 3.63. The van der Waals surface area contributed by atoms with E-state index in [0.717, 1.165) is 6.54 Å². The molecular formula is C16H19N. The molecule has 2 rings (SSSR count). The van der Waals surface area contributed by atoms with Crippen LogP contribution in [0.1, 0.15) is 12.5 Å². The molecule has 1 nitrogen and oxygen atoms in total. The van der Waals surface area contributed by atoms with E-state index in [0.29, 0.717) is 0 Å².